The van der Waals surface area contributed by atoms with Gasteiger partial charge in [-0.1, -0.05) is 61.8 Å². The van der Waals surface area contributed by atoms with E-state index in [1.165, 1.54) is 10.6 Å². The predicted octanol–water partition coefficient (Wildman–Crippen LogP) is 9.13. The average Bonchev–Trinajstić information content (AvgIpc) is 4.02. The summed E-state index contributed by atoms with van der Waals surface area (Å²) in [6, 6.07) is 24.3. The maximum Gasteiger partial charge on any atom is 0.405 e. The number of aliphatic imine (C=N–C) groups is 1. The summed E-state index contributed by atoms with van der Waals surface area (Å²) < 4.78 is 48.6. The lowest BCUT2D eigenvalue weighted by Gasteiger charge is -2.20. The first-order chi connectivity index (χ1) is 35.2. The number of aryl methyl sites for hydroxylation is 2. The molecule has 7 aromatic rings. The Hall–Kier alpha value is -7.62. The van der Waals surface area contributed by atoms with Gasteiger partial charge in [0.15, 0.2) is 11.6 Å². The Morgan fingerprint density at radius 3 is 2.15 bits per heavy atom. The molecule has 0 radical (unpaired) electrons. The number of carboxylic acid groups (broad SMARTS) is 1. The number of aromatic nitrogens is 6. The molecular weight excluding hydrogens is 1000 g/mol. The summed E-state index contributed by atoms with van der Waals surface area (Å²) in [5.41, 5.74) is 6.67. The highest BCUT2D eigenvalue weighted by atomic mass is 35.5. The van der Waals surface area contributed by atoms with Crippen molar-refractivity contribution in [3.63, 3.8) is 0 Å². The van der Waals surface area contributed by atoms with Crippen LogP contribution in [-0.4, -0.2) is 119 Å². The molecule has 0 aliphatic carbocycles. The maximum absolute atomic E-state index is 13.8. The highest BCUT2D eigenvalue weighted by Gasteiger charge is 2.34. The van der Waals surface area contributed by atoms with Gasteiger partial charge in [-0.05, 0) is 98.5 Å². The molecule has 22 heteroatoms. The first-order valence-corrected chi connectivity index (χ1v) is 24.4. The Balaban J connectivity index is 0.00000260. The molecule has 4 aromatic carbocycles. The van der Waals surface area contributed by atoms with Crippen LogP contribution in [0.15, 0.2) is 89.9 Å². The van der Waals surface area contributed by atoms with Crippen LogP contribution in [-0.2, 0) is 22.7 Å². The van der Waals surface area contributed by atoms with Crippen molar-refractivity contribution in [2.75, 3.05) is 33.8 Å². The minimum absolute atomic E-state index is 0.00524. The van der Waals surface area contributed by atoms with Gasteiger partial charge < -0.3 is 30.3 Å². The number of rotatable bonds is 16. The second-order valence-electron chi connectivity index (χ2n) is 17.9. The molecule has 17 nitrogen and oxygen atoms in total. The summed E-state index contributed by atoms with van der Waals surface area (Å²) in [6.45, 7) is 9.63. The van der Waals surface area contributed by atoms with E-state index in [2.05, 4.69) is 39.1 Å². The highest BCUT2D eigenvalue weighted by Crippen LogP contribution is 2.41. The van der Waals surface area contributed by atoms with Gasteiger partial charge >= 0.3 is 6.18 Å². The van der Waals surface area contributed by atoms with E-state index in [1.807, 2.05) is 98.4 Å². The smallest absolute Gasteiger partial charge is 0.405 e. The summed E-state index contributed by atoms with van der Waals surface area (Å²) in [6.07, 6.45) is -4.58. The van der Waals surface area contributed by atoms with Gasteiger partial charge in [0, 0.05) is 52.9 Å². The fourth-order valence-electron chi connectivity index (χ4n) is 8.35. The number of carbonyl (C=O) groups is 3. The molecule has 1 aliphatic rings. The van der Waals surface area contributed by atoms with Crippen LogP contribution >= 0.6 is 22.9 Å². The number of aromatic hydroxyl groups is 2. The molecule has 0 saturated heterocycles. The van der Waals surface area contributed by atoms with Crippen LogP contribution in [0.5, 0.6) is 17.2 Å². The topological polar surface area (TPSA) is 213 Å². The zero-order chi connectivity index (χ0) is 53.6. The molecule has 0 saturated carbocycles. The number of phenolic OH excluding ortho intramolecular Hbond substituents is 2. The first kappa shape index (κ1) is 54.2. The van der Waals surface area contributed by atoms with Gasteiger partial charge in [-0.3, -0.25) is 33.4 Å². The third-order valence-corrected chi connectivity index (χ3v) is 13.6. The third kappa shape index (κ3) is 12.4. The molecule has 3 aromatic heterocycles. The normalized spacial score (nSPS) is 13.1. The van der Waals surface area contributed by atoms with Gasteiger partial charge in [-0.15, -0.1) is 31.7 Å². The van der Waals surface area contributed by atoms with E-state index in [0.29, 0.717) is 53.3 Å². The number of nitrogens with zero attached hydrogens (tertiary/aromatic N) is 9. The Bertz CT molecular complexity index is 3170. The van der Waals surface area contributed by atoms with Crippen molar-refractivity contribution in [3.05, 3.63) is 146 Å². The number of amides is 2. The van der Waals surface area contributed by atoms with Crippen molar-refractivity contribution in [3.8, 4) is 39.3 Å². The van der Waals surface area contributed by atoms with E-state index in [1.54, 1.807) is 35.4 Å². The number of hydrogen-bond acceptors (Lipinski definition) is 13. The van der Waals surface area contributed by atoms with Crippen LogP contribution in [0.25, 0.3) is 22.1 Å². The summed E-state index contributed by atoms with van der Waals surface area (Å²) in [4.78, 5) is 45.4. The monoisotopic (exact) mass is 1050 g/mol. The van der Waals surface area contributed by atoms with Crippen LogP contribution in [0.1, 0.15) is 92.8 Å². The lowest BCUT2D eigenvalue weighted by Crippen LogP contribution is -2.35. The fraction of sp³-hybridized carbons (Fsp3) is 0.308. The molecule has 4 N–H and O–H groups in total. The number of benzene rings is 4. The predicted molar refractivity (Wildman–Crippen MR) is 274 cm³/mol. The minimum atomic E-state index is -4.66. The van der Waals surface area contributed by atoms with Crippen molar-refractivity contribution in [1.82, 2.24) is 44.6 Å². The zero-order valence-electron chi connectivity index (χ0n) is 41.5. The molecule has 388 valence electrons. The Kier molecular flexibility index (Phi) is 16.9. The van der Waals surface area contributed by atoms with Crippen LogP contribution in [0.4, 0.5) is 13.2 Å². The van der Waals surface area contributed by atoms with Crippen LogP contribution in [0.3, 0.4) is 0 Å². The van der Waals surface area contributed by atoms with E-state index < -0.39 is 30.5 Å². The summed E-state index contributed by atoms with van der Waals surface area (Å²) >= 11 is 7.92. The quantitative estimate of drug-likeness (QED) is 0.0667. The Morgan fingerprint density at radius 2 is 1.53 bits per heavy atom. The molecule has 4 heterocycles. The second kappa shape index (κ2) is 23.1. The lowest BCUT2D eigenvalue weighted by atomic mass is 9.98. The summed E-state index contributed by atoms with van der Waals surface area (Å²) in [5.74, 6) is -0.339. The molecule has 0 fully saturated rings. The van der Waals surface area contributed by atoms with Gasteiger partial charge in [-0.2, -0.15) is 13.2 Å². The third-order valence-electron chi connectivity index (χ3n) is 12.2. The maximum atomic E-state index is 13.8. The SMILES string of the molecule is Cc1sc2c(c1C)C(c1ccc(Cl)cc1)=N[C@@H](CC(=O)N(C)CCOc1ccc(CN(C)Cc3ccc(-n4c(C(=O)NCC(F)(F)F)nnc4-c4cc(C(C)C)c(O)cc4O)cc3)cc1)c1nnc(C)n1-2.O=CO. The number of carbonyl (C=O) groups excluding carboxylic acids is 2. The van der Waals surface area contributed by atoms with Crippen molar-refractivity contribution < 1.29 is 47.6 Å². The Morgan fingerprint density at radius 1 is 0.892 bits per heavy atom. The van der Waals surface area contributed by atoms with Gasteiger partial charge in [0.2, 0.25) is 11.7 Å². The minimum Gasteiger partial charge on any atom is -0.508 e. The van der Waals surface area contributed by atoms with Crippen molar-refractivity contribution >= 4 is 46.9 Å². The first-order valence-electron chi connectivity index (χ1n) is 23.2. The molecular formula is C52H54ClF3N10O7S. The molecule has 1 atom stereocenters. The van der Waals surface area contributed by atoms with Crippen molar-refractivity contribution in [2.24, 2.45) is 4.99 Å². The van der Waals surface area contributed by atoms with Gasteiger partial charge in [0.05, 0.1) is 24.2 Å². The Labute approximate surface area is 433 Å². The summed E-state index contributed by atoms with van der Waals surface area (Å²) in [5, 5.41) is 48.6. The number of ether oxygens (including phenoxy) is 1. The lowest BCUT2D eigenvalue weighted by molar-refractivity contribution is -0.130. The molecule has 2 amide bonds. The number of nitrogens with one attached hydrogen (secondary N) is 1. The standard InChI is InChI=1S/C51H52ClF3N10O5S.CH2O2/c1-28(2)38-22-39(42(67)24-41(38)66)46-59-61-48(49(69)56-27-51(53,54)55)65(46)36-16-8-32(9-17-36)25-62(6)26-33-10-18-37(19-11-33)70-21-20-63(7)43(68)23-40-47-60-58-31(5)64(47)50-44(29(3)30(4)71-50)45(57-40)34-12-14-35(52)15-13-34;2-1-3/h8-19,22,24,28,40,66-67H,20-21,23,25-27H2,1-7H3,(H,56,69);1H,(H,2,3)/t40-;/m0./s1. The van der Waals surface area contributed by atoms with E-state index in [0.717, 1.165) is 49.5 Å². The molecule has 1 aliphatic heterocycles. The number of phenols is 2. The number of fused-ring (bicyclic) bond motifs is 3. The van der Waals surface area contributed by atoms with E-state index >= 15 is 0 Å². The zero-order valence-corrected chi connectivity index (χ0v) is 43.0. The van der Waals surface area contributed by atoms with E-state index in [-0.39, 0.29) is 54.2 Å². The highest BCUT2D eigenvalue weighted by molar-refractivity contribution is 7.15. The van der Waals surface area contributed by atoms with Gasteiger partial charge in [0.25, 0.3) is 12.4 Å². The summed E-state index contributed by atoms with van der Waals surface area (Å²) in [7, 11) is 3.70. The average molecular weight is 1060 g/mol. The van der Waals surface area contributed by atoms with Crippen LogP contribution in [0.2, 0.25) is 5.02 Å². The van der Waals surface area contributed by atoms with Gasteiger partial charge in [0.1, 0.15) is 47.3 Å². The molecule has 8 rings (SSSR count). The number of hydrogen-bond donors (Lipinski definition) is 4. The molecule has 0 spiro atoms. The van der Waals surface area contributed by atoms with Crippen molar-refractivity contribution in [2.45, 2.75) is 72.3 Å². The van der Waals surface area contributed by atoms with Crippen LogP contribution < -0.4 is 10.1 Å². The fourth-order valence-corrected chi connectivity index (χ4v) is 9.68. The number of halogens is 4. The van der Waals surface area contributed by atoms with E-state index in [9.17, 15) is 33.0 Å². The van der Waals surface area contributed by atoms with Gasteiger partial charge in [-0.25, -0.2) is 0 Å². The second-order valence-corrected chi connectivity index (χ2v) is 19.6. The number of alkyl halides is 3. The molecule has 0 bridgehead atoms. The molecule has 0 unspecified atom stereocenters. The number of likely N-dealkylation sites (N-methyl/N-ethyl adjacent to an activating group) is 1. The largest absolute Gasteiger partial charge is 0.508 e. The molecule has 74 heavy (non-hydrogen) atoms. The van der Waals surface area contributed by atoms with Crippen molar-refractivity contribution in [1.29, 1.82) is 0 Å². The number of thiophene rings is 1. The van der Waals surface area contributed by atoms with Crippen LogP contribution in [0, 0.1) is 20.8 Å². The van der Waals surface area contributed by atoms with E-state index in [4.69, 9.17) is 31.2 Å².